The number of benzene rings is 1. The van der Waals surface area contributed by atoms with Crippen LogP contribution in [0.15, 0.2) is 24.3 Å². The second kappa shape index (κ2) is 5.83. The molecule has 110 valence electrons. The van der Waals surface area contributed by atoms with Gasteiger partial charge in [0.05, 0.1) is 11.9 Å². The Morgan fingerprint density at radius 2 is 1.90 bits per heavy atom. The van der Waals surface area contributed by atoms with E-state index in [0.29, 0.717) is 11.7 Å². The van der Waals surface area contributed by atoms with Crippen molar-refractivity contribution in [2.24, 2.45) is 0 Å². The predicted octanol–water partition coefficient (Wildman–Crippen LogP) is 1.43. The van der Waals surface area contributed by atoms with Crippen LogP contribution >= 0.6 is 0 Å². The molecule has 1 N–H and O–H groups in total. The highest BCUT2D eigenvalue weighted by molar-refractivity contribution is 7.92. The maximum absolute atomic E-state index is 11.9. The van der Waals surface area contributed by atoms with Crippen molar-refractivity contribution in [2.75, 3.05) is 17.1 Å². The largest absolute Gasteiger partial charge is 0.353 e. The number of anilines is 1. The first-order chi connectivity index (χ1) is 9.36. The summed E-state index contributed by atoms with van der Waals surface area (Å²) in [7, 11) is -3.39. The van der Waals surface area contributed by atoms with Crippen LogP contribution in [0.25, 0.3) is 0 Å². The van der Waals surface area contributed by atoms with Gasteiger partial charge in [-0.05, 0) is 31.9 Å². The molecule has 2 rings (SSSR count). The zero-order valence-corrected chi connectivity index (χ0v) is 12.6. The molecule has 1 aromatic rings. The van der Waals surface area contributed by atoms with Gasteiger partial charge in [-0.15, -0.1) is 0 Å². The average Bonchev–Trinajstić information content (AvgIpc) is 3.14. The summed E-state index contributed by atoms with van der Waals surface area (Å²) in [6.07, 6.45) is 3.39. The number of nitrogens with one attached hydrogen (secondary N) is 1. The van der Waals surface area contributed by atoms with Crippen LogP contribution in [0.5, 0.6) is 0 Å². The monoisotopic (exact) mass is 296 g/mol. The summed E-state index contributed by atoms with van der Waals surface area (Å²) in [6.45, 7) is 2.11. The van der Waals surface area contributed by atoms with Crippen LogP contribution in [-0.2, 0) is 14.8 Å². The minimum Gasteiger partial charge on any atom is -0.353 e. The molecule has 1 aliphatic rings. The van der Waals surface area contributed by atoms with E-state index in [1.165, 1.54) is 4.31 Å². The van der Waals surface area contributed by atoms with Crippen molar-refractivity contribution >= 4 is 21.6 Å². The van der Waals surface area contributed by atoms with Gasteiger partial charge in [-0.1, -0.05) is 17.7 Å². The highest BCUT2D eigenvalue weighted by atomic mass is 32.2. The van der Waals surface area contributed by atoms with E-state index in [2.05, 4.69) is 5.32 Å². The number of amides is 1. The molecule has 0 bridgehead atoms. The fraction of sp³-hybridized carbons (Fsp3) is 0.500. The van der Waals surface area contributed by atoms with Gasteiger partial charge in [0.1, 0.15) is 0 Å². The van der Waals surface area contributed by atoms with E-state index in [4.69, 9.17) is 0 Å². The van der Waals surface area contributed by atoms with Crippen LogP contribution in [0.2, 0.25) is 0 Å². The number of hydrogen-bond donors (Lipinski definition) is 1. The Morgan fingerprint density at radius 1 is 1.30 bits per heavy atom. The fourth-order valence-corrected chi connectivity index (χ4v) is 2.86. The molecule has 6 heteroatoms. The second-order valence-electron chi connectivity index (χ2n) is 5.26. The molecule has 0 radical (unpaired) electrons. The van der Waals surface area contributed by atoms with Crippen molar-refractivity contribution in [3.63, 3.8) is 0 Å². The number of carbonyl (C=O) groups excluding carboxylic acids is 1. The number of hydrogen-bond acceptors (Lipinski definition) is 3. The van der Waals surface area contributed by atoms with E-state index >= 15 is 0 Å². The summed E-state index contributed by atoms with van der Waals surface area (Å²) in [5, 5.41) is 2.86. The third-order valence-corrected chi connectivity index (χ3v) is 4.40. The van der Waals surface area contributed by atoms with E-state index in [9.17, 15) is 13.2 Å². The van der Waals surface area contributed by atoms with Crippen molar-refractivity contribution in [1.82, 2.24) is 5.32 Å². The topological polar surface area (TPSA) is 66.5 Å². The zero-order chi connectivity index (χ0) is 14.8. The maximum Gasteiger partial charge on any atom is 0.232 e. The number of nitrogens with zero attached hydrogens (tertiary/aromatic N) is 1. The Labute approximate surface area is 120 Å². The summed E-state index contributed by atoms with van der Waals surface area (Å²) in [4.78, 5) is 11.7. The predicted molar refractivity (Wildman–Crippen MR) is 79.2 cm³/mol. The lowest BCUT2D eigenvalue weighted by molar-refractivity contribution is -0.121. The molecule has 1 amide bonds. The summed E-state index contributed by atoms with van der Waals surface area (Å²) in [5.41, 5.74) is 1.66. The molecular weight excluding hydrogens is 276 g/mol. The van der Waals surface area contributed by atoms with E-state index in [1.807, 2.05) is 19.1 Å². The lowest BCUT2D eigenvalue weighted by atomic mass is 10.2. The van der Waals surface area contributed by atoms with Crippen molar-refractivity contribution in [3.05, 3.63) is 29.8 Å². The molecule has 0 spiro atoms. The molecule has 0 aliphatic heterocycles. The lowest BCUT2D eigenvalue weighted by Crippen LogP contribution is -2.35. The van der Waals surface area contributed by atoms with Gasteiger partial charge in [0, 0.05) is 19.0 Å². The third kappa shape index (κ3) is 4.23. The van der Waals surface area contributed by atoms with Crippen LogP contribution in [0.4, 0.5) is 5.69 Å². The van der Waals surface area contributed by atoms with Gasteiger partial charge < -0.3 is 5.32 Å². The molecule has 1 saturated carbocycles. The molecule has 0 atom stereocenters. The third-order valence-electron chi connectivity index (χ3n) is 3.21. The van der Waals surface area contributed by atoms with Gasteiger partial charge >= 0.3 is 0 Å². The number of aryl methyl sites for hydroxylation is 1. The molecule has 1 aliphatic carbocycles. The first-order valence-corrected chi connectivity index (χ1v) is 8.55. The Morgan fingerprint density at radius 3 is 2.40 bits per heavy atom. The standard InChI is InChI=1S/C14H20N2O3S/c1-11-3-7-13(8-4-11)16(20(2,18)19)10-9-14(17)15-12-5-6-12/h3-4,7-8,12H,5-6,9-10H2,1-2H3,(H,15,17). The maximum atomic E-state index is 11.9. The van der Waals surface area contributed by atoms with Gasteiger partial charge in [0.25, 0.3) is 0 Å². The molecular formula is C14H20N2O3S. The van der Waals surface area contributed by atoms with Crippen LogP contribution in [-0.4, -0.2) is 33.2 Å². The smallest absolute Gasteiger partial charge is 0.232 e. The van der Waals surface area contributed by atoms with E-state index in [1.54, 1.807) is 12.1 Å². The van der Waals surface area contributed by atoms with Gasteiger partial charge in [-0.2, -0.15) is 0 Å². The molecule has 5 nitrogen and oxygen atoms in total. The first kappa shape index (κ1) is 14.8. The molecule has 20 heavy (non-hydrogen) atoms. The Balaban J connectivity index is 2.04. The number of sulfonamides is 1. The Bertz CT molecular complexity index is 577. The summed E-state index contributed by atoms with van der Waals surface area (Å²) in [5.74, 6) is -0.0896. The second-order valence-corrected chi connectivity index (χ2v) is 7.17. The molecule has 0 aromatic heterocycles. The van der Waals surface area contributed by atoms with Crippen LogP contribution in [0.3, 0.4) is 0 Å². The lowest BCUT2D eigenvalue weighted by Gasteiger charge is -2.22. The quantitative estimate of drug-likeness (QED) is 0.863. The summed E-state index contributed by atoms with van der Waals surface area (Å²) < 4.78 is 25.0. The van der Waals surface area contributed by atoms with Crippen molar-refractivity contribution in [1.29, 1.82) is 0 Å². The van der Waals surface area contributed by atoms with Gasteiger partial charge in [0.15, 0.2) is 0 Å². The first-order valence-electron chi connectivity index (χ1n) is 6.70. The summed E-state index contributed by atoms with van der Waals surface area (Å²) in [6, 6.07) is 7.54. The van der Waals surface area contributed by atoms with E-state index in [0.717, 1.165) is 24.7 Å². The minimum absolute atomic E-state index is 0.0896. The molecule has 0 heterocycles. The molecule has 0 saturated heterocycles. The van der Waals surface area contributed by atoms with Gasteiger partial charge in [-0.3, -0.25) is 9.10 Å². The number of carbonyl (C=O) groups is 1. The van der Waals surface area contributed by atoms with Gasteiger partial charge in [-0.25, -0.2) is 8.42 Å². The van der Waals surface area contributed by atoms with Crippen LogP contribution in [0.1, 0.15) is 24.8 Å². The molecule has 0 unspecified atom stereocenters. The fourth-order valence-electron chi connectivity index (χ4n) is 1.93. The van der Waals surface area contributed by atoms with Gasteiger partial charge in [0.2, 0.25) is 15.9 Å². The normalized spacial score (nSPS) is 14.9. The van der Waals surface area contributed by atoms with Crippen LogP contribution in [0, 0.1) is 6.92 Å². The minimum atomic E-state index is -3.39. The SMILES string of the molecule is Cc1ccc(N(CCC(=O)NC2CC2)S(C)(=O)=O)cc1. The Hall–Kier alpha value is -1.56. The average molecular weight is 296 g/mol. The van der Waals surface area contributed by atoms with Crippen molar-refractivity contribution in [3.8, 4) is 0 Å². The van der Waals surface area contributed by atoms with Crippen molar-refractivity contribution < 1.29 is 13.2 Å². The Kier molecular flexibility index (Phi) is 4.32. The highest BCUT2D eigenvalue weighted by Gasteiger charge is 2.24. The van der Waals surface area contributed by atoms with Crippen molar-refractivity contribution in [2.45, 2.75) is 32.2 Å². The number of rotatable bonds is 6. The van der Waals surface area contributed by atoms with E-state index < -0.39 is 10.0 Å². The summed E-state index contributed by atoms with van der Waals surface area (Å²) >= 11 is 0. The van der Waals surface area contributed by atoms with E-state index in [-0.39, 0.29) is 18.9 Å². The highest BCUT2D eigenvalue weighted by Crippen LogP contribution is 2.20. The molecule has 1 aromatic carbocycles. The molecule has 1 fully saturated rings. The zero-order valence-electron chi connectivity index (χ0n) is 11.8. The van der Waals surface area contributed by atoms with Crippen LogP contribution < -0.4 is 9.62 Å².